The fraction of sp³-hybridized carbons (Fsp3) is 0.467. The first kappa shape index (κ1) is 13.1. The van der Waals surface area contributed by atoms with Gasteiger partial charge in [-0.25, -0.2) is 0 Å². The Labute approximate surface area is 101 Å². The lowest BCUT2D eigenvalue weighted by atomic mass is 9.87. The minimum atomic E-state index is -1.25. The Bertz CT molecular complexity index is 402. The van der Waals surface area contributed by atoms with Gasteiger partial charge in [-0.15, -0.1) is 5.54 Å². The topological polar surface area (TPSA) is 0 Å². The van der Waals surface area contributed by atoms with Gasteiger partial charge in [0.2, 0.25) is 0 Å². The molecule has 0 nitrogen and oxygen atoms in total. The molecule has 0 saturated heterocycles. The Balaban J connectivity index is 2.91. The van der Waals surface area contributed by atoms with E-state index in [2.05, 4.69) is 76.1 Å². The van der Waals surface area contributed by atoms with Gasteiger partial charge >= 0.3 is 0 Å². The molecule has 1 aromatic carbocycles. The Morgan fingerprint density at radius 3 is 1.81 bits per heavy atom. The van der Waals surface area contributed by atoms with Gasteiger partial charge in [0, 0.05) is 5.56 Å². The third-order valence-corrected chi connectivity index (χ3v) is 3.21. The third kappa shape index (κ3) is 4.24. The Hall–Kier alpha value is -1.00. The van der Waals surface area contributed by atoms with Crippen LogP contribution in [0.1, 0.15) is 31.9 Å². The maximum absolute atomic E-state index is 3.39. The fourth-order valence-corrected chi connectivity index (χ4v) is 1.83. The van der Waals surface area contributed by atoms with Crippen LogP contribution in [0, 0.1) is 11.5 Å². The molecule has 0 aromatic heterocycles. The quantitative estimate of drug-likeness (QED) is 0.462. The predicted octanol–water partition coefficient (Wildman–Crippen LogP) is 4.21. The van der Waals surface area contributed by atoms with Gasteiger partial charge in [0.15, 0.2) is 0 Å². The summed E-state index contributed by atoms with van der Waals surface area (Å²) in [5, 5.41) is 0. The minimum Gasteiger partial charge on any atom is -0.127 e. The Morgan fingerprint density at radius 1 is 0.938 bits per heavy atom. The summed E-state index contributed by atoms with van der Waals surface area (Å²) in [4.78, 5) is 0. The summed E-state index contributed by atoms with van der Waals surface area (Å²) in [7, 11) is -1.25. The van der Waals surface area contributed by atoms with Gasteiger partial charge in [-0.2, -0.15) is 0 Å². The summed E-state index contributed by atoms with van der Waals surface area (Å²) in [6.45, 7) is 13.5. The maximum atomic E-state index is 3.39. The van der Waals surface area contributed by atoms with Gasteiger partial charge in [-0.3, -0.25) is 0 Å². The smallest absolute Gasteiger partial charge is 0.127 e. The zero-order valence-electron chi connectivity index (χ0n) is 11.3. The highest BCUT2D eigenvalue weighted by Crippen LogP contribution is 2.21. The number of hydrogen-bond acceptors (Lipinski definition) is 0. The molecule has 0 atom stereocenters. The van der Waals surface area contributed by atoms with Crippen LogP contribution >= 0.6 is 0 Å². The fourth-order valence-electron chi connectivity index (χ4n) is 1.31. The van der Waals surface area contributed by atoms with Crippen molar-refractivity contribution >= 4 is 8.07 Å². The molecule has 0 radical (unpaired) electrons. The van der Waals surface area contributed by atoms with E-state index < -0.39 is 8.07 Å². The van der Waals surface area contributed by atoms with Crippen molar-refractivity contribution in [3.05, 3.63) is 35.4 Å². The van der Waals surface area contributed by atoms with Crippen molar-refractivity contribution in [3.63, 3.8) is 0 Å². The van der Waals surface area contributed by atoms with Crippen molar-refractivity contribution in [2.75, 3.05) is 0 Å². The van der Waals surface area contributed by atoms with Crippen molar-refractivity contribution in [2.45, 2.75) is 45.8 Å². The van der Waals surface area contributed by atoms with Crippen molar-refractivity contribution in [1.29, 1.82) is 0 Å². The van der Waals surface area contributed by atoms with Crippen molar-refractivity contribution in [1.82, 2.24) is 0 Å². The minimum absolute atomic E-state index is 0.227. The van der Waals surface area contributed by atoms with E-state index in [0.717, 1.165) is 5.56 Å². The van der Waals surface area contributed by atoms with Crippen LogP contribution in [0.15, 0.2) is 24.3 Å². The standard InChI is InChI=1S/C15H22Si/c1-15(2,3)14-9-7-13(8-10-14)11-12-16(4,5)6/h7-10H,1-6H3. The van der Waals surface area contributed by atoms with Gasteiger partial charge in [-0.05, 0) is 23.1 Å². The number of benzene rings is 1. The first-order valence-electron chi connectivity index (χ1n) is 5.82. The molecule has 0 aliphatic heterocycles. The van der Waals surface area contributed by atoms with Gasteiger partial charge in [-0.1, -0.05) is 58.5 Å². The lowest BCUT2D eigenvalue weighted by Gasteiger charge is -2.18. The molecule has 0 heterocycles. The Morgan fingerprint density at radius 2 is 1.44 bits per heavy atom. The second-order valence-electron chi connectivity index (χ2n) is 6.33. The average Bonchev–Trinajstić information content (AvgIpc) is 2.13. The van der Waals surface area contributed by atoms with Crippen molar-refractivity contribution < 1.29 is 0 Å². The van der Waals surface area contributed by atoms with E-state index in [9.17, 15) is 0 Å². The zero-order chi connectivity index (χ0) is 12.4. The summed E-state index contributed by atoms with van der Waals surface area (Å²) < 4.78 is 0. The van der Waals surface area contributed by atoms with Crippen LogP contribution in [0.4, 0.5) is 0 Å². The van der Waals surface area contributed by atoms with E-state index in [-0.39, 0.29) is 5.41 Å². The summed E-state index contributed by atoms with van der Waals surface area (Å²) >= 11 is 0. The highest BCUT2D eigenvalue weighted by Gasteiger charge is 2.12. The molecule has 0 amide bonds. The SMILES string of the molecule is CC(C)(C)c1ccc(C#C[Si](C)(C)C)cc1. The van der Waals surface area contributed by atoms with Gasteiger partial charge in [0.05, 0.1) is 0 Å². The first-order valence-corrected chi connectivity index (χ1v) is 9.32. The molecule has 0 N–H and O–H groups in total. The van der Waals surface area contributed by atoms with Crippen LogP contribution in [0.5, 0.6) is 0 Å². The highest BCUT2D eigenvalue weighted by molar-refractivity contribution is 6.83. The largest absolute Gasteiger partial charge is 0.129 e. The van der Waals surface area contributed by atoms with Crippen LogP contribution in [-0.2, 0) is 5.41 Å². The monoisotopic (exact) mass is 230 g/mol. The van der Waals surface area contributed by atoms with E-state index in [1.807, 2.05) is 0 Å². The maximum Gasteiger partial charge on any atom is 0.129 e. The normalized spacial score (nSPS) is 11.9. The molecule has 0 saturated carbocycles. The molecule has 0 bridgehead atoms. The summed E-state index contributed by atoms with van der Waals surface area (Å²) in [6.07, 6.45) is 0. The number of rotatable bonds is 0. The van der Waals surface area contributed by atoms with Crippen LogP contribution in [0.25, 0.3) is 0 Å². The summed E-state index contributed by atoms with van der Waals surface area (Å²) in [5.41, 5.74) is 6.11. The van der Waals surface area contributed by atoms with Gasteiger partial charge < -0.3 is 0 Å². The highest BCUT2D eigenvalue weighted by atomic mass is 28.3. The molecule has 0 aliphatic carbocycles. The molecule has 0 unspecified atom stereocenters. The average molecular weight is 230 g/mol. The van der Waals surface area contributed by atoms with Gasteiger partial charge in [0.1, 0.15) is 8.07 Å². The second kappa shape index (κ2) is 4.47. The van der Waals surface area contributed by atoms with E-state index >= 15 is 0 Å². The van der Waals surface area contributed by atoms with E-state index in [4.69, 9.17) is 0 Å². The molecule has 16 heavy (non-hydrogen) atoms. The van der Waals surface area contributed by atoms with Crippen LogP contribution in [0.3, 0.4) is 0 Å². The lowest BCUT2D eigenvalue weighted by molar-refractivity contribution is 0.590. The third-order valence-electron chi connectivity index (χ3n) is 2.33. The molecule has 0 fully saturated rings. The van der Waals surface area contributed by atoms with E-state index in [0.29, 0.717) is 0 Å². The van der Waals surface area contributed by atoms with Gasteiger partial charge in [0.25, 0.3) is 0 Å². The van der Waals surface area contributed by atoms with Crippen LogP contribution in [-0.4, -0.2) is 8.07 Å². The molecular formula is C15H22Si. The van der Waals surface area contributed by atoms with Crippen molar-refractivity contribution in [3.8, 4) is 11.5 Å². The molecule has 86 valence electrons. The molecule has 1 rings (SSSR count). The molecular weight excluding hydrogens is 208 g/mol. The van der Waals surface area contributed by atoms with Crippen LogP contribution < -0.4 is 0 Å². The lowest BCUT2D eigenvalue weighted by Crippen LogP contribution is -2.16. The molecule has 1 aromatic rings. The molecule has 0 spiro atoms. The van der Waals surface area contributed by atoms with E-state index in [1.54, 1.807) is 0 Å². The first-order chi connectivity index (χ1) is 7.18. The molecule has 0 aliphatic rings. The van der Waals surface area contributed by atoms with Crippen LogP contribution in [0.2, 0.25) is 19.6 Å². The second-order valence-corrected chi connectivity index (χ2v) is 11.1. The summed E-state index contributed by atoms with van der Waals surface area (Å²) in [6, 6.07) is 8.64. The number of hydrogen-bond donors (Lipinski definition) is 0. The zero-order valence-corrected chi connectivity index (χ0v) is 12.3. The Kier molecular flexibility index (Phi) is 3.65. The molecule has 1 heteroatoms. The van der Waals surface area contributed by atoms with E-state index in [1.165, 1.54) is 5.56 Å². The van der Waals surface area contributed by atoms with Crippen molar-refractivity contribution in [2.24, 2.45) is 0 Å². The predicted molar refractivity (Wildman–Crippen MR) is 75.4 cm³/mol. The summed E-state index contributed by atoms with van der Waals surface area (Å²) in [5.74, 6) is 3.27.